The van der Waals surface area contributed by atoms with Crippen LogP contribution in [-0.2, 0) is 16.8 Å². The van der Waals surface area contributed by atoms with E-state index in [9.17, 15) is 22.4 Å². The summed E-state index contributed by atoms with van der Waals surface area (Å²) in [5.41, 5.74) is 5.29. The van der Waals surface area contributed by atoms with E-state index in [0.717, 1.165) is 11.0 Å². The standard InChI is InChI=1S/C22H23F4N3O3/c1-3-13-11-14(6-8-17(13)32-20(25)26)22(19(30)29(2)21(27)28-22)15-5-7-16(24)18(12-15)31-10-4-9-23/h5-8,11-12,20H,3-4,9-10H2,1-2H3,(H2,27,28). The molecule has 1 unspecified atom stereocenters. The van der Waals surface area contributed by atoms with E-state index in [0.29, 0.717) is 17.5 Å². The highest BCUT2D eigenvalue weighted by Gasteiger charge is 2.50. The molecule has 0 bridgehead atoms. The predicted molar refractivity (Wildman–Crippen MR) is 110 cm³/mol. The number of carbonyl (C=O) groups excluding carboxylic acids is 1. The Hall–Kier alpha value is -3.30. The van der Waals surface area contributed by atoms with Crippen molar-refractivity contribution in [2.45, 2.75) is 31.9 Å². The number of alkyl halides is 3. The number of hydrogen-bond acceptors (Lipinski definition) is 5. The highest BCUT2D eigenvalue weighted by Crippen LogP contribution is 2.42. The lowest BCUT2D eigenvalue weighted by Crippen LogP contribution is -2.41. The largest absolute Gasteiger partial charge is 0.490 e. The summed E-state index contributed by atoms with van der Waals surface area (Å²) in [6.45, 7) is -1.93. The van der Waals surface area contributed by atoms with Gasteiger partial charge in [-0.05, 0) is 47.4 Å². The monoisotopic (exact) mass is 453 g/mol. The number of carbonyl (C=O) groups is 1. The van der Waals surface area contributed by atoms with Crippen LogP contribution in [0, 0.1) is 5.82 Å². The van der Waals surface area contributed by atoms with Crippen LogP contribution in [0.25, 0.3) is 0 Å². The molecule has 2 aromatic rings. The number of aryl methyl sites for hydroxylation is 1. The highest BCUT2D eigenvalue weighted by atomic mass is 19.3. The highest BCUT2D eigenvalue weighted by molar-refractivity contribution is 6.09. The lowest BCUT2D eigenvalue weighted by molar-refractivity contribution is -0.129. The van der Waals surface area contributed by atoms with E-state index in [-0.39, 0.29) is 36.0 Å². The normalized spacial score (nSPS) is 18.3. The van der Waals surface area contributed by atoms with Gasteiger partial charge in [0, 0.05) is 13.5 Å². The van der Waals surface area contributed by atoms with Gasteiger partial charge in [-0.15, -0.1) is 0 Å². The van der Waals surface area contributed by atoms with Gasteiger partial charge in [0.25, 0.3) is 5.91 Å². The van der Waals surface area contributed by atoms with Gasteiger partial charge in [0.05, 0.1) is 13.3 Å². The second-order valence-corrected chi connectivity index (χ2v) is 7.14. The number of guanidine groups is 1. The maximum atomic E-state index is 14.3. The summed E-state index contributed by atoms with van der Waals surface area (Å²) in [5.74, 6) is -1.45. The first-order valence-electron chi connectivity index (χ1n) is 9.95. The molecule has 0 aliphatic carbocycles. The molecule has 0 fully saturated rings. The molecule has 1 atom stereocenters. The summed E-state index contributed by atoms with van der Waals surface area (Å²) < 4.78 is 62.1. The van der Waals surface area contributed by atoms with Crippen LogP contribution in [0.4, 0.5) is 17.6 Å². The van der Waals surface area contributed by atoms with E-state index in [4.69, 9.17) is 10.5 Å². The van der Waals surface area contributed by atoms with Gasteiger partial charge >= 0.3 is 6.61 Å². The Balaban J connectivity index is 2.17. The third-order valence-electron chi connectivity index (χ3n) is 5.20. The van der Waals surface area contributed by atoms with Crippen molar-refractivity contribution in [3.8, 4) is 11.5 Å². The molecule has 0 radical (unpaired) electrons. The second-order valence-electron chi connectivity index (χ2n) is 7.14. The summed E-state index contributed by atoms with van der Waals surface area (Å²) in [6.07, 6.45) is 0.420. The van der Waals surface area contributed by atoms with Crippen LogP contribution in [0.5, 0.6) is 11.5 Å². The second kappa shape index (κ2) is 9.46. The minimum Gasteiger partial charge on any atom is -0.490 e. The fourth-order valence-corrected chi connectivity index (χ4v) is 3.55. The summed E-state index contributed by atoms with van der Waals surface area (Å²) >= 11 is 0. The smallest absolute Gasteiger partial charge is 0.387 e. The van der Waals surface area contributed by atoms with Crippen LogP contribution >= 0.6 is 0 Å². The van der Waals surface area contributed by atoms with Crippen LogP contribution in [0.3, 0.4) is 0 Å². The van der Waals surface area contributed by atoms with Crippen LogP contribution < -0.4 is 15.2 Å². The average Bonchev–Trinajstić information content (AvgIpc) is 3.00. The lowest BCUT2D eigenvalue weighted by atomic mass is 9.81. The lowest BCUT2D eigenvalue weighted by Gasteiger charge is -2.27. The fraction of sp³-hybridized carbons (Fsp3) is 0.364. The number of halogens is 4. The fourth-order valence-electron chi connectivity index (χ4n) is 3.55. The van der Waals surface area contributed by atoms with Gasteiger partial charge in [0.2, 0.25) is 0 Å². The van der Waals surface area contributed by atoms with Gasteiger partial charge in [-0.3, -0.25) is 14.1 Å². The van der Waals surface area contributed by atoms with Gasteiger partial charge in [-0.1, -0.05) is 19.1 Å². The predicted octanol–water partition coefficient (Wildman–Crippen LogP) is 3.76. The van der Waals surface area contributed by atoms with Crippen molar-refractivity contribution in [1.82, 2.24) is 4.90 Å². The molecule has 3 rings (SSSR count). The first-order chi connectivity index (χ1) is 15.2. The molecule has 0 saturated carbocycles. The topological polar surface area (TPSA) is 77.2 Å². The zero-order valence-electron chi connectivity index (χ0n) is 17.6. The molecule has 0 saturated heterocycles. The molecule has 0 spiro atoms. The Kier molecular flexibility index (Phi) is 6.90. The summed E-state index contributed by atoms with van der Waals surface area (Å²) in [7, 11) is 1.44. The number of likely N-dealkylation sites (N-methyl/N-ethyl adjacent to an activating group) is 1. The summed E-state index contributed by atoms with van der Waals surface area (Å²) in [4.78, 5) is 18.9. The van der Waals surface area contributed by atoms with Crippen LogP contribution in [0.1, 0.15) is 30.0 Å². The molecule has 1 amide bonds. The molecule has 1 aliphatic heterocycles. The van der Waals surface area contributed by atoms with E-state index in [2.05, 4.69) is 9.73 Å². The Bertz CT molecular complexity index is 1030. The Labute approximate surface area is 182 Å². The zero-order valence-corrected chi connectivity index (χ0v) is 17.6. The number of nitrogens with two attached hydrogens (primary N) is 1. The van der Waals surface area contributed by atoms with Gasteiger partial charge in [-0.2, -0.15) is 8.78 Å². The number of rotatable bonds is 9. The van der Waals surface area contributed by atoms with Crippen molar-refractivity contribution >= 4 is 11.9 Å². The van der Waals surface area contributed by atoms with E-state index in [1.165, 1.54) is 31.3 Å². The minimum absolute atomic E-state index is 0.0218. The summed E-state index contributed by atoms with van der Waals surface area (Å²) in [5, 5.41) is 0. The number of benzene rings is 2. The molecule has 10 heteroatoms. The van der Waals surface area contributed by atoms with Gasteiger partial charge in [0.15, 0.2) is 23.1 Å². The number of amides is 1. The molecule has 2 N–H and O–H groups in total. The third kappa shape index (κ3) is 4.21. The molecule has 1 heterocycles. The molecule has 32 heavy (non-hydrogen) atoms. The van der Waals surface area contributed by atoms with Crippen molar-refractivity contribution in [3.63, 3.8) is 0 Å². The third-order valence-corrected chi connectivity index (χ3v) is 5.20. The molecular formula is C22H23F4N3O3. The van der Waals surface area contributed by atoms with Crippen molar-refractivity contribution in [2.24, 2.45) is 10.7 Å². The maximum absolute atomic E-state index is 14.3. The van der Waals surface area contributed by atoms with E-state index in [1.807, 2.05) is 0 Å². The van der Waals surface area contributed by atoms with Crippen molar-refractivity contribution in [1.29, 1.82) is 0 Å². The zero-order chi connectivity index (χ0) is 23.5. The molecule has 0 aromatic heterocycles. The first kappa shape index (κ1) is 23.4. The number of hydrogen-bond donors (Lipinski definition) is 1. The van der Waals surface area contributed by atoms with E-state index >= 15 is 0 Å². The molecule has 2 aromatic carbocycles. The number of nitrogens with zero attached hydrogens (tertiary/aromatic N) is 2. The van der Waals surface area contributed by atoms with Gasteiger partial charge in [0.1, 0.15) is 5.75 Å². The summed E-state index contributed by atoms with van der Waals surface area (Å²) in [6, 6.07) is 8.13. The number of ether oxygens (including phenoxy) is 2. The Morgan fingerprint density at radius 3 is 2.44 bits per heavy atom. The Morgan fingerprint density at radius 1 is 1.16 bits per heavy atom. The van der Waals surface area contributed by atoms with Crippen LogP contribution in [0.2, 0.25) is 0 Å². The maximum Gasteiger partial charge on any atom is 0.387 e. The van der Waals surface area contributed by atoms with Crippen molar-refractivity contribution in [2.75, 3.05) is 20.3 Å². The van der Waals surface area contributed by atoms with Crippen LogP contribution in [0.15, 0.2) is 41.4 Å². The Morgan fingerprint density at radius 2 is 1.84 bits per heavy atom. The molecule has 6 nitrogen and oxygen atoms in total. The van der Waals surface area contributed by atoms with Gasteiger partial charge in [-0.25, -0.2) is 9.38 Å². The van der Waals surface area contributed by atoms with Crippen molar-refractivity contribution in [3.05, 3.63) is 58.9 Å². The number of aliphatic imine (C=N–C) groups is 1. The SMILES string of the molecule is CCc1cc(C2(c3ccc(F)c(OCCCF)c3)N=C(N)N(C)C2=O)ccc1OC(F)F. The van der Waals surface area contributed by atoms with Crippen LogP contribution in [-0.4, -0.2) is 43.7 Å². The van der Waals surface area contributed by atoms with Crippen molar-refractivity contribution < 1.29 is 31.8 Å². The van der Waals surface area contributed by atoms with Gasteiger partial charge < -0.3 is 15.2 Å². The molecule has 1 aliphatic rings. The first-order valence-corrected chi connectivity index (χ1v) is 9.95. The molecule has 172 valence electrons. The van der Waals surface area contributed by atoms with E-state index in [1.54, 1.807) is 13.0 Å². The molecular weight excluding hydrogens is 430 g/mol. The quantitative estimate of drug-likeness (QED) is 0.463. The van der Waals surface area contributed by atoms with E-state index < -0.39 is 30.5 Å². The minimum atomic E-state index is -3.01. The average molecular weight is 453 g/mol.